The molecule has 7 heteroatoms. The number of carbonyl (C=O) groups excluding carboxylic acids is 1. The number of hydrogen-bond acceptors (Lipinski definition) is 4. The van der Waals surface area contributed by atoms with Crippen LogP contribution in [-0.2, 0) is 22.5 Å². The summed E-state index contributed by atoms with van der Waals surface area (Å²) in [5.74, 6) is 0.366. The standard InChI is InChI=1S/C29H42N2O3Si2/c1-23-27(30-28(24(2)32)31(23)22-33-19-20-35(6,7)8)21-34-36(29(3,4)5,25-15-11-9-12-16-25)26-17-13-10-14-18-26/h9-18H,19-22H2,1-8H3. The van der Waals surface area contributed by atoms with Crippen molar-refractivity contribution in [1.82, 2.24) is 9.55 Å². The zero-order valence-corrected chi connectivity index (χ0v) is 25.2. The molecule has 0 aliphatic heterocycles. The van der Waals surface area contributed by atoms with Gasteiger partial charge >= 0.3 is 0 Å². The topological polar surface area (TPSA) is 53.3 Å². The second kappa shape index (κ2) is 11.4. The van der Waals surface area contributed by atoms with Crippen LogP contribution in [0.3, 0.4) is 0 Å². The third-order valence-electron chi connectivity index (χ3n) is 6.69. The van der Waals surface area contributed by atoms with E-state index in [-0.39, 0.29) is 10.8 Å². The highest BCUT2D eigenvalue weighted by Gasteiger charge is 2.50. The molecule has 194 valence electrons. The van der Waals surface area contributed by atoms with Crippen LogP contribution in [-0.4, -0.2) is 38.3 Å². The van der Waals surface area contributed by atoms with Gasteiger partial charge in [-0.05, 0) is 28.4 Å². The van der Waals surface area contributed by atoms with Crippen LogP contribution in [0.1, 0.15) is 49.7 Å². The Hall–Kier alpha value is -2.33. The lowest BCUT2D eigenvalue weighted by Crippen LogP contribution is -2.66. The number of ether oxygens (including phenoxy) is 1. The van der Waals surface area contributed by atoms with Crippen LogP contribution in [0.2, 0.25) is 30.7 Å². The van der Waals surface area contributed by atoms with Crippen LogP contribution in [0.5, 0.6) is 0 Å². The van der Waals surface area contributed by atoms with Gasteiger partial charge in [0.05, 0.1) is 12.3 Å². The summed E-state index contributed by atoms with van der Waals surface area (Å²) in [6, 6.07) is 22.2. The van der Waals surface area contributed by atoms with Crippen molar-refractivity contribution in [2.24, 2.45) is 0 Å². The summed E-state index contributed by atoms with van der Waals surface area (Å²) in [5, 5.41) is 2.32. The Morgan fingerprint density at radius 1 is 0.944 bits per heavy atom. The van der Waals surface area contributed by atoms with Gasteiger partial charge in [0, 0.05) is 27.3 Å². The van der Waals surface area contributed by atoms with E-state index in [1.54, 1.807) is 6.92 Å². The van der Waals surface area contributed by atoms with E-state index < -0.39 is 16.4 Å². The average Bonchev–Trinajstić information content (AvgIpc) is 3.13. The van der Waals surface area contributed by atoms with E-state index in [1.807, 2.05) is 23.6 Å². The van der Waals surface area contributed by atoms with Crippen molar-refractivity contribution >= 4 is 32.5 Å². The zero-order valence-electron chi connectivity index (χ0n) is 23.2. The lowest BCUT2D eigenvalue weighted by Gasteiger charge is -2.43. The zero-order chi connectivity index (χ0) is 26.6. The van der Waals surface area contributed by atoms with Gasteiger partial charge < -0.3 is 13.7 Å². The number of ketones is 1. The molecule has 1 aromatic heterocycles. The van der Waals surface area contributed by atoms with E-state index in [0.717, 1.165) is 17.4 Å². The highest BCUT2D eigenvalue weighted by atomic mass is 28.4. The van der Waals surface area contributed by atoms with E-state index in [4.69, 9.17) is 14.1 Å². The SMILES string of the molecule is CC(=O)c1nc(CO[Si](c2ccccc2)(c2ccccc2)C(C)(C)C)c(C)n1COCC[Si](C)(C)C. The van der Waals surface area contributed by atoms with E-state index in [1.165, 1.54) is 10.4 Å². The molecule has 0 spiro atoms. The van der Waals surface area contributed by atoms with Gasteiger partial charge in [-0.15, -0.1) is 0 Å². The lowest BCUT2D eigenvalue weighted by molar-refractivity contribution is 0.0794. The predicted molar refractivity (Wildman–Crippen MR) is 153 cm³/mol. The van der Waals surface area contributed by atoms with Crippen molar-refractivity contribution < 1.29 is 14.0 Å². The fraction of sp³-hybridized carbons (Fsp3) is 0.448. The maximum absolute atomic E-state index is 12.5. The van der Waals surface area contributed by atoms with E-state index in [2.05, 4.69) is 88.9 Å². The lowest BCUT2D eigenvalue weighted by atomic mass is 10.2. The minimum atomic E-state index is -2.70. The number of aromatic nitrogens is 2. The molecule has 5 nitrogen and oxygen atoms in total. The Morgan fingerprint density at radius 2 is 1.47 bits per heavy atom. The Bertz CT molecular complexity index is 1110. The van der Waals surface area contributed by atoms with Crippen molar-refractivity contribution in [3.8, 4) is 0 Å². The molecule has 36 heavy (non-hydrogen) atoms. The predicted octanol–water partition coefficient (Wildman–Crippen LogP) is 5.78. The van der Waals surface area contributed by atoms with Crippen molar-refractivity contribution in [3.63, 3.8) is 0 Å². The molecule has 0 N–H and O–H groups in total. The second-order valence-corrected chi connectivity index (χ2v) is 21.7. The molecule has 0 atom stereocenters. The number of benzene rings is 2. The first kappa shape index (κ1) is 28.2. The largest absolute Gasteiger partial charge is 0.401 e. The van der Waals surface area contributed by atoms with Crippen molar-refractivity contribution in [1.29, 1.82) is 0 Å². The van der Waals surface area contributed by atoms with Gasteiger partial charge in [-0.1, -0.05) is 101 Å². The Morgan fingerprint density at radius 3 is 1.92 bits per heavy atom. The number of hydrogen-bond donors (Lipinski definition) is 0. The number of nitrogens with zero attached hydrogens (tertiary/aromatic N) is 2. The highest BCUT2D eigenvalue weighted by molar-refractivity contribution is 6.99. The average molecular weight is 523 g/mol. The van der Waals surface area contributed by atoms with Gasteiger partial charge in [-0.25, -0.2) is 4.98 Å². The molecular weight excluding hydrogens is 481 g/mol. The van der Waals surface area contributed by atoms with E-state index in [0.29, 0.717) is 25.8 Å². The minimum Gasteiger partial charge on any atom is -0.401 e. The highest BCUT2D eigenvalue weighted by Crippen LogP contribution is 2.37. The Balaban J connectivity index is 1.97. The molecule has 0 unspecified atom stereocenters. The first-order valence-corrected chi connectivity index (χ1v) is 18.4. The molecule has 3 rings (SSSR count). The van der Waals surface area contributed by atoms with Crippen LogP contribution in [0, 0.1) is 6.92 Å². The quantitative estimate of drug-likeness (QED) is 0.182. The van der Waals surface area contributed by atoms with Crippen molar-refractivity contribution in [2.75, 3.05) is 6.61 Å². The summed E-state index contributed by atoms with van der Waals surface area (Å²) in [6.07, 6.45) is 0. The summed E-state index contributed by atoms with van der Waals surface area (Å²) >= 11 is 0. The normalized spacial score (nSPS) is 12.7. The summed E-state index contributed by atoms with van der Waals surface area (Å²) in [5.41, 5.74) is 1.72. The monoisotopic (exact) mass is 522 g/mol. The number of Topliss-reactive ketones (excluding diaryl/α,β-unsaturated/α-hetero) is 1. The van der Waals surface area contributed by atoms with Crippen molar-refractivity contribution in [2.45, 2.75) is 78.7 Å². The summed E-state index contributed by atoms with van der Waals surface area (Å²) in [7, 11) is -3.89. The van der Waals surface area contributed by atoms with Crippen LogP contribution < -0.4 is 10.4 Å². The maximum Gasteiger partial charge on any atom is 0.261 e. The first-order valence-electron chi connectivity index (χ1n) is 12.8. The fourth-order valence-corrected chi connectivity index (χ4v) is 9.88. The third kappa shape index (κ3) is 6.32. The molecule has 0 bridgehead atoms. The molecule has 0 amide bonds. The summed E-state index contributed by atoms with van der Waals surface area (Å²) in [4.78, 5) is 17.2. The Labute approximate surface area is 219 Å². The molecule has 3 aromatic rings. The van der Waals surface area contributed by atoms with Gasteiger partial charge in [0.2, 0.25) is 0 Å². The van der Waals surface area contributed by atoms with Gasteiger partial charge in [0.1, 0.15) is 6.73 Å². The summed E-state index contributed by atoms with van der Waals surface area (Å²) in [6.45, 7) is 18.7. The molecule has 1 heterocycles. The number of carbonyl (C=O) groups is 1. The molecular formula is C29H42N2O3Si2. The molecule has 0 aliphatic carbocycles. The number of imidazole rings is 1. The molecule has 0 aliphatic rings. The van der Waals surface area contributed by atoms with Gasteiger partial charge in [0.15, 0.2) is 11.6 Å². The molecule has 0 saturated heterocycles. The van der Waals surface area contributed by atoms with Crippen LogP contribution in [0.25, 0.3) is 0 Å². The van der Waals surface area contributed by atoms with E-state index in [9.17, 15) is 4.79 Å². The van der Waals surface area contributed by atoms with Crippen molar-refractivity contribution in [3.05, 3.63) is 77.9 Å². The van der Waals surface area contributed by atoms with Gasteiger partial charge in [-0.2, -0.15) is 0 Å². The van der Waals surface area contributed by atoms with Gasteiger partial charge in [0.25, 0.3) is 8.32 Å². The fourth-order valence-electron chi connectivity index (χ4n) is 4.62. The molecule has 2 aromatic carbocycles. The molecule has 0 saturated carbocycles. The van der Waals surface area contributed by atoms with Crippen LogP contribution in [0.15, 0.2) is 60.7 Å². The first-order chi connectivity index (χ1) is 16.9. The number of rotatable bonds is 11. The Kier molecular flexibility index (Phi) is 8.93. The third-order valence-corrected chi connectivity index (χ3v) is 13.4. The van der Waals surface area contributed by atoms with E-state index >= 15 is 0 Å². The van der Waals surface area contributed by atoms with Crippen LogP contribution >= 0.6 is 0 Å². The smallest absolute Gasteiger partial charge is 0.261 e. The molecule has 0 fully saturated rings. The van der Waals surface area contributed by atoms with Gasteiger partial charge in [-0.3, -0.25) is 4.79 Å². The maximum atomic E-state index is 12.5. The second-order valence-electron chi connectivity index (χ2n) is 11.8. The summed E-state index contributed by atoms with van der Waals surface area (Å²) < 4.78 is 15.0. The molecule has 0 radical (unpaired) electrons. The minimum absolute atomic E-state index is 0.0661. The van der Waals surface area contributed by atoms with Crippen LogP contribution in [0.4, 0.5) is 0 Å².